The molecule has 2 heterocycles. The van der Waals surface area contributed by atoms with Gasteiger partial charge in [0.15, 0.2) is 10.9 Å². The fourth-order valence-corrected chi connectivity index (χ4v) is 4.75. The Labute approximate surface area is 167 Å². The monoisotopic (exact) mass is 398 g/mol. The summed E-state index contributed by atoms with van der Waals surface area (Å²) in [5.41, 5.74) is 1.01. The fourth-order valence-electron chi connectivity index (χ4n) is 3.72. The molecule has 2 aromatic heterocycles. The zero-order chi connectivity index (χ0) is 19.5. The first kappa shape index (κ1) is 18.7. The lowest BCUT2D eigenvalue weighted by molar-refractivity contribution is -0.384. The van der Waals surface area contributed by atoms with Crippen LogP contribution in [0.4, 0.5) is 5.69 Å². The maximum Gasteiger partial charge on any atom is 0.269 e. The van der Waals surface area contributed by atoms with Crippen LogP contribution in [0.25, 0.3) is 11.6 Å². The van der Waals surface area contributed by atoms with E-state index in [4.69, 9.17) is 4.42 Å². The second-order valence-electron chi connectivity index (χ2n) is 7.06. The summed E-state index contributed by atoms with van der Waals surface area (Å²) in [7, 11) is 0. The summed E-state index contributed by atoms with van der Waals surface area (Å²) in [5, 5.41) is 20.8. The number of rotatable bonds is 6. The van der Waals surface area contributed by atoms with Gasteiger partial charge in [-0.1, -0.05) is 43.2 Å². The molecule has 1 atom stereocenters. The third-order valence-corrected chi connectivity index (χ3v) is 6.29. The summed E-state index contributed by atoms with van der Waals surface area (Å²) in [6.45, 7) is 2.04. The SMILES string of the molecule is CC(Sc1nnc(-c2ccco2)n1C1CCCCC1)c1cccc([N+](=O)[O-])c1. The van der Waals surface area contributed by atoms with Gasteiger partial charge in [0, 0.05) is 23.4 Å². The minimum atomic E-state index is -0.361. The third-order valence-electron chi connectivity index (χ3n) is 5.18. The molecule has 3 aromatic rings. The van der Waals surface area contributed by atoms with Crippen LogP contribution in [0.15, 0.2) is 52.2 Å². The van der Waals surface area contributed by atoms with Crippen molar-refractivity contribution < 1.29 is 9.34 Å². The number of nitro benzene ring substituents is 1. The molecule has 1 saturated carbocycles. The summed E-state index contributed by atoms with van der Waals surface area (Å²) >= 11 is 1.58. The van der Waals surface area contributed by atoms with Crippen molar-refractivity contribution in [2.24, 2.45) is 0 Å². The van der Waals surface area contributed by atoms with E-state index in [0.717, 1.165) is 29.4 Å². The van der Waals surface area contributed by atoms with E-state index in [2.05, 4.69) is 14.8 Å². The Balaban J connectivity index is 1.65. The predicted molar refractivity (Wildman–Crippen MR) is 107 cm³/mol. The van der Waals surface area contributed by atoms with Gasteiger partial charge in [-0.15, -0.1) is 10.2 Å². The standard InChI is InChI=1S/C20H22N4O3S/c1-14(15-7-5-10-17(13-15)24(25)26)28-20-22-21-19(18-11-6-12-27-18)23(20)16-8-3-2-4-9-16/h5-7,10-14,16H,2-4,8-9H2,1H3. The van der Waals surface area contributed by atoms with E-state index in [1.165, 1.54) is 25.3 Å². The summed E-state index contributed by atoms with van der Waals surface area (Å²) in [6.07, 6.45) is 7.51. The lowest BCUT2D eigenvalue weighted by Crippen LogP contribution is -2.15. The molecule has 0 N–H and O–H groups in total. The maximum atomic E-state index is 11.1. The van der Waals surface area contributed by atoms with Crippen molar-refractivity contribution in [1.82, 2.24) is 14.8 Å². The Hall–Kier alpha value is -2.61. The van der Waals surface area contributed by atoms with Gasteiger partial charge in [-0.3, -0.25) is 14.7 Å². The molecule has 4 rings (SSSR count). The molecule has 1 fully saturated rings. The zero-order valence-electron chi connectivity index (χ0n) is 15.7. The van der Waals surface area contributed by atoms with Crippen LogP contribution in [0.3, 0.4) is 0 Å². The highest BCUT2D eigenvalue weighted by Crippen LogP contribution is 2.40. The van der Waals surface area contributed by atoms with Gasteiger partial charge in [-0.05, 0) is 37.5 Å². The largest absolute Gasteiger partial charge is 0.461 e. The van der Waals surface area contributed by atoms with Crippen molar-refractivity contribution in [2.75, 3.05) is 0 Å². The van der Waals surface area contributed by atoms with Crippen molar-refractivity contribution in [3.63, 3.8) is 0 Å². The van der Waals surface area contributed by atoms with E-state index >= 15 is 0 Å². The molecule has 146 valence electrons. The lowest BCUT2D eigenvalue weighted by Gasteiger charge is -2.25. The molecule has 0 radical (unpaired) electrons. The van der Waals surface area contributed by atoms with Crippen LogP contribution in [0, 0.1) is 10.1 Å². The number of nitro groups is 1. The number of thioether (sulfide) groups is 1. The molecule has 0 aliphatic heterocycles. The number of hydrogen-bond acceptors (Lipinski definition) is 6. The maximum absolute atomic E-state index is 11.1. The van der Waals surface area contributed by atoms with E-state index < -0.39 is 0 Å². The van der Waals surface area contributed by atoms with Gasteiger partial charge >= 0.3 is 0 Å². The number of nitrogens with zero attached hydrogens (tertiary/aromatic N) is 4. The Bertz CT molecular complexity index is 948. The van der Waals surface area contributed by atoms with E-state index in [0.29, 0.717) is 11.8 Å². The third kappa shape index (κ3) is 3.82. The minimum Gasteiger partial charge on any atom is -0.461 e. The van der Waals surface area contributed by atoms with Crippen LogP contribution in [-0.2, 0) is 0 Å². The van der Waals surface area contributed by atoms with Crippen molar-refractivity contribution in [2.45, 2.75) is 55.5 Å². The van der Waals surface area contributed by atoms with Crippen molar-refractivity contribution in [3.8, 4) is 11.6 Å². The molecule has 1 aliphatic rings. The van der Waals surface area contributed by atoms with Crippen LogP contribution < -0.4 is 0 Å². The van der Waals surface area contributed by atoms with E-state index in [1.807, 2.05) is 25.1 Å². The summed E-state index contributed by atoms with van der Waals surface area (Å²) < 4.78 is 7.79. The number of benzene rings is 1. The molecule has 1 unspecified atom stereocenters. The van der Waals surface area contributed by atoms with Crippen molar-refractivity contribution in [1.29, 1.82) is 0 Å². The highest BCUT2D eigenvalue weighted by atomic mass is 32.2. The molecule has 28 heavy (non-hydrogen) atoms. The number of aromatic nitrogens is 3. The van der Waals surface area contributed by atoms with Crippen LogP contribution in [0.2, 0.25) is 0 Å². The minimum absolute atomic E-state index is 0.0101. The molecular weight excluding hydrogens is 376 g/mol. The fraction of sp³-hybridized carbons (Fsp3) is 0.400. The van der Waals surface area contributed by atoms with Crippen LogP contribution in [-0.4, -0.2) is 19.7 Å². The van der Waals surface area contributed by atoms with E-state index in [-0.39, 0.29) is 15.9 Å². The smallest absolute Gasteiger partial charge is 0.269 e. The topological polar surface area (TPSA) is 87.0 Å². The average molecular weight is 398 g/mol. The average Bonchev–Trinajstić information content (AvgIpc) is 3.38. The summed E-state index contributed by atoms with van der Waals surface area (Å²) in [5.74, 6) is 1.47. The quantitative estimate of drug-likeness (QED) is 0.296. The summed E-state index contributed by atoms with van der Waals surface area (Å²) in [4.78, 5) is 10.7. The van der Waals surface area contributed by atoms with Gasteiger partial charge in [0.25, 0.3) is 5.69 Å². The summed E-state index contributed by atoms with van der Waals surface area (Å²) in [6, 6.07) is 10.9. The Morgan fingerprint density at radius 2 is 2.04 bits per heavy atom. The molecule has 0 amide bonds. The molecule has 0 spiro atoms. The molecular formula is C20H22N4O3S. The number of hydrogen-bond donors (Lipinski definition) is 0. The first-order valence-electron chi connectivity index (χ1n) is 9.53. The lowest BCUT2D eigenvalue weighted by atomic mass is 9.95. The second-order valence-corrected chi connectivity index (χ2v) is 8.37. The van der Waals surface area contributed by atoms with Crippen molar-refractivity contribution in [3.05, 3.63) is 58.3 Å². The molecule has 0 saturated heterocycles. The molecule has 0 bridgehead atoms. The Morgan fingerprint density at radius 3 is 2.75 bits per heavy atom. The van der Waals surface area contributed by atoms with Gasteiger partial charge in [0.1, 0.15) is 0 Å². The van der Waals surface area contributed by atoms with E-state index in [1.54, 1.807) is 30.2 Å². The predicted octanol–water partition coefficient (Wildman–Crippen LogP) is 5.80. The Kier molecular flexibility index (Phi) is 5.47. The van der Waals surface area contributed by atoms with Crippen LogP contribution in [0.1, 0.15) is 55.9 Å². The highest BCUT2D eigenvalue weighted by Gasteiger charge is 2.26. The molecule has 1 aromatic carbocycles. The zero-order valence-corrected chi connectivity index (χ0v) is 16.5. The molecule has 1 aliphatic carbocycles. The van der Waals surface area contributed by atoms with Gasteiger partial charge in [-0.2, -0.15) is 0 Å². The van der Waals surface area contributed by atoms with E-state index in [9.17, 15) is 10.1 Å². The van der Waals surface area contributed by atoms with Gasteiger partial charge in [0.05, 0.1) is 11.2 Å². The van der Waals surface area contributed by atoms with Gasteiger partial charge < -0.3 is 4.42 Å². The van der Waals surface area contributed by atoms with Crippen LogP contribution in [0.5, 0.6) is 0 Å². The first-order chi connectivity index (χ1) is 13.6. The molecule has 7 nitrogen and oxygen atoms in total. The Morgan fingerprint density at radius 1 is 1.21 bits per heavy atom. The normalized spacial score (nSPS) is 16.2. The second kappa shape index (κ2) is 8.18. The van der Waals surface area contributed by atoms with Crippen molar-refractivity contribution >= 4 is 17.4 Å². The number of non-ortho nitro benzene ring substituents is 1. The first-order valence-corrected chi connectivity index (χ1v) is 10.4. The van der Waals surface area contributed by atoms with Gasteiger partial charge in [-0.25, -0.2) is 0 Å². The number of furan rings is 1. The van der Waals surface area contributed by atoms with Crippen LogP contribution >= 0.6 is 11.8 Å². The molecule has 8 heteroatoms. The highest BCUT2D eigenvalue weighted by molar-refractivity contribution is 7.99. The van der Waals surface area contributed by atoms with Gasteiger partial charge in [0.2, 0.25) is 5.82 Å².